The molecule has 4 aromatic carbocycles. The molecule has 1 aliphatic carbocycles. The van der Waals surface area contributed by atoms with Crippen molar-refractivity contribution in [3.63, 3.8) is 0 Å². The van der Waals surface area contributed by atoms with E-state index in [-0.39, 0.29) is 49.1 Å². The highest BCUT2D eigenvalue weighted by molar-refractivity contribution is 5.80. The average Bonchev–Trinajstić information content (AvgIpc) is 3.73. The normalized spacial score (nSPS) is 21.3. The number of hydrogen-bond acceptors (Lipinski definition) is 10. The number of nitrogens with one attached hydrogen (secondary N) is 1. The lowest BCUT2D eigenvalue weighted by Crippen LogP contribution is -2.48. The van der Waals surface area contributed by atoms with E-state index in [1.54, 1.807) is 12.1 Å². The number of phenols is 1. The summed E-state index contributed by atoms with van der Waals surface area (Å²) in [6.07, 6.45) is 0.368. The minimum Gasteiger partial charge on any atom is -0.502 e. The van der Waals surface area contributed by atoms with Crippen molar-refractivity contribution in [2.24, 2.45) is 11.8 Å². The summed E-state index contributed by atoms with van der Waals surface area (Å²) in [7, 11) is 2.92. The highest BCUT2D eigenvalue weighted by Gasteiger charge is 2.53. The fourth-order valence-electron chi connectivity index (χ4n) is 6.98. The maximum atomic E-state index is 13.8. The first-order valence-electron chi connectivity index (χ1n) is 15.5. The summed E-state index contributed by atoms with van der Waals surface area (Å²) in [5.74, 6) is -0.819. The molecule has 0 saturated carbocycles. The van der Waals surface area contributed by atoms with Gasteiger partial charge in [0.05, 0.1) is 26.7 Å². The maximum absolute atomic E-state index is 13.8. The summed E-state index contributed by atoms with van der Waals surface area (Å²) in [6, 6.07) is 25.3. The minimum absolute atomic E-state index is 0.0686. The van der Waals surface area contributed by atoms with Gasteiger partial charge >= 0.3 is 11.9 Å². The Bertz CT molecular complexity index is 1750. The van der Waals surface area contributed by atoms with Crippen LogP contribution < -0.4 is 24.3 Å². The lowest BCUT2D eigenvalue weighted by atomic mass is 9.65. The summed E-state index contributed by atoms with van der Waals surface area (Å²) in [5, 5.41) is 14.3. The number of cyclic esters (lactones) is 1. The number of phenolic OH excluding ortho intramolecular Hbond substituents is 1. The van der Waals surface area contributed by atoms with Crippen LogP contribution in [0.4, 0.5) is 0 Å². The second-order valence-corrected chi connectivity index (χ2v) is 11.9. The van der Waals surface area contributed by atoms with E-state index in [2.05, 4.69) is 5.32 Å². The molecule has 1 fully saturated rings. The third kappa shape index (κ3) is 5.81. The van der Waals surface area contributed by atoms with Gasteiger partial charge in [0.25, 0.3) is 0 Å². The van der Waals surface area contributed by atoms with Crippen molar-refractivity contribution in [3.8, 4) is 28.7 Å². The van der Waals surface area contributed by atoms with E-state index >= 15 is 0 Å². The van der Waals surface area contributed by atoms with Crippen molar-refractivity contribution in [1.29, 1.82) is 0 Å². The van der Waals surface area contributed by atoms with Gasteiger partial charge in [-0.2, -0.15) is 0 Å². The fourth-order valence-corrected chi connectivity index (χ4v) is 6.98. The highest BCUT2D eigenvalue weighted by Crippen LogP contribution is 2.55. The Hall–Kier alpha value is -5.22. The van der Waals surface area contributed by atoms with Gasteiger partial charge in [-0.05, 0) is 58.5 Å². The number of carbonyl (C=O) groups excluding carboxylic acids is 2. The molecule has 0 bridgehead atoms. The van der Waals surface area contributed by atoms with Crippen molar-refractivity contribution in [1.82, 2.24) is 5.32 Å². The van der Waals surface area contributed by atoms with Crippen LogP contribution in [-0.4, -0.2) is 50.7 Å². The summed E-state index contributed by atoms with van der Waals surface area (Å²) in [4.78, 5) is 27.4. The quantitative estimate of drug-likeness (QED) is 0.228. The molecule has 0 radical (unpaired) electrons. The third-order valence-corrected chi connectivity index (χ3v) is 9.22. The van der Waals surface area contributed by atoms with Crippen molar-refractivity contribution < 1.29 is 43.1 Å². The van der Waals surface area contributed by atoms with Crippen molar-refractivity contribution in [2.75, 3.05) is 27.6 Å². The van der Waals surface area contributed by atoms with Crippen LogP contribution in [0.3, 0.4) is 0 Å². The molecule has 7 rings (SSSR count). The Morgan fingerprint density at radius 2 is 1.49 bits per heavy atom. The Morgan fingerprint density at radius 3 is 2.13 bits per heavy atom. The molecular weight excluding hydrogens is 602 g/mol. The first-order valence-corrected chi connectivity index (χ1v) is 15.5. The van der Waals surface area contributed by atoms with E-state index in [4.69, 9.17) is 28.4 Å². The van der Waals surface area contributed by atoms with E-state index in [0.717, 1.165) is 22.3 Å². The molecule has 5 atom stereocenters. The molecule has 0 aromatic heterocycles. The molecule has 10 nitrogen and oxygen atoms in total. The molecule has 3 aliphatic rings. The summed E-state index contributed by atoms with van der Waals surface area (Å²) < 4.78 is 34.1. The first kappa shape index (κ1) is 30.4. The number of rotatable bonds is 10. The molecule has 0 amide bonds. The van der Waals surface area contributed by atoms with Crippen molar-refractivity contribution >= 4 is 11.9 Å². The van der Waals surface area contributed by atoms with E-state index in [1.165, 1.54) is 14.2 Å². The highest BCUT2D eigenvalue weighted by atomic mass is 16.7. The van der Waals surface area contributed by atoms with Crippen LogP contribution in [-0.2, 0) is 32.1 Å². The van der Waals surface area contributed by atoms with Crippen LogP contribution in [0.1, 0.15) is 39.8 Å². The third-order valence-electron chi connectivity index (χ3n) is 9.22. The van der Waals surface area contributed by atoms with E-state index in [1.807, 2.05) is 72.8 Å². The molecule has 2 N–H and O–H groups in total. The second-order valence-electron chi connectivity index (χ2n) is 11.9. The fraction of sp³-hybridized carbons (Fsp3) is 0.297. The Balaban J connectivity index is 1.31. The lowest BCUT2D eigenvalue weighted by molar-refractivity contribution is -0.148. The van der Waals surface area contributed by atoms with Crippen molar-refractivity contribution in [2.45, 2.75) is 31.0 Å². The number of ether oxygens (including phenoxy) is 6. The Morgan fingerprint density at radius 1 is 0.872 bits per heavy atom. The number of methoxy groups -OCH3 is 2. The Kier molecular flexibility index (Phi) is 8.34. The molecule has 242 valence electrons. The summed E-state index contributed by atoms with van der Waals surface area (Å²) in [5.41, 5.74) is 4.19. The van der Waals surface area contributed by atoms with E-state index < -0.39 is 29.9 Å². The molecule has 1 unspecified atom stereocenters. The smallest absolute Gasteiger partial charge is 0.323 e. The molecule has 10 heteroatoms. The van der Waals surface area contributed by atoms with Crippen molar-refractivity contribution in [3.05, 3.63) is 113 Å². The number of aromatic hydroxyl groups is 1. The first-order chi connectivity index (χ1) is 22.9. The van der Waals surface area contributed by atoms with Gasteiger partial charge in [0.1, 0.15) is 12.6 Å². The molecule has 47 heavy (non-hydrogen) atoms. The SMILES string of the molecule is COc1cc([C@@H]2c3cc4c(cc3[C@@H](NC(Cc3ccccc3)C(=O)OCc3ccccc3)[C@H]3COC(=O)[C@H]23)OCO4)cc(OC)c1O. The number of hydrogen-bond donors (Lipinski definition) is 2. The monoisotopic (exact) mass is 637 g/mol. The van der Waals surface area contributed by atoms with Gasteiger partial charge in [0, 0.05) is 17.9 Å². The van der Waals surface area contributed by atoms with Gasteiger partial charge in [0.2, 0.25) is 12.5 Å². The van der Waals surface area contributed by atoms with Crippen LogP contribution in [0, 0.1) is 11.8 Å². The van der Waals surface area contributed by atoms with E-state index in [0.29, 0.717) is 23.5 Å². The predicted octanol–water partition coefficient (Wildman–Crippen LogP) is 5.06. The lowest BCUT2D eigenvalue weighted by Gasteiger charge is -2.40. The van der Waals surface area contributed by atoms with Crippen LogP contribution in [0.2, 0.25) is 0 Å². The Labute approximate surface area is 272 Å². The zero-order chi connectivity index (χ0) is 32.5. The van der Waals surface area contributed by atoms with Crippen LogP contribution in [0.15, 0.2) is 84.9 Å². The number of fused-ring (bicyclic) bond motifs is 3. The van der Waals surface area contributed by atoms with Gasteiger partial charge in [0.15, 0.2) is 23.0 Å². The number of esters is 2. The summed E-state index contributed by atoms with van der Waals surface area (Å²) in [6.45, 7) is 0.348. The molecule has 2 heterocycles. The van der Waals surface area contributed by atoms with Gasteiger partial charge in [-0.1, -0.05) is 60.7 Å². The number of benzene rings is 4. The van der Waals surface area contributed by atoms with Crippen LogP contribution in [0.5, 0.6) is 28.7 Å². The molecular formula is C37H35NO9. The maximum Gasteiger partial charge on any atom is 0.323 e. The minimum atomic E-state index is -0.744. The largest absolute Gasteiger partial charge is 0.502 e. The summed E-state index contributed by atoms with van der Waals surface area (Å²) >= 11 is 0. The average molecular weight is 638 g/mol. The zero-order valence-electron chi connectivity index (χ0n) is 26.0. The van der Waals surface area contributed by atoms with Gasteiger partial charge in [-0.3, -0.25) is 14.9 Å². The molecule has 0 spiro atoms. The topological polar surface area (TPSA) is 122 Å². The predicted molar refractivity (Wildman–Crippen MR) is 170 cm³/mol. The standard InChI is InChI=1S/C37H35NO9/c1-42-30-14-23(15-31(43-2)35(30)39)32-24-16-28-29(47-20-46-28)17-25(24)34(26-19-45-37(41)33(26)32)38-27(13-21-9-5-3-6-10-21)36(40)44-18-22-11-7-4-8-12-22/h3-12,14-17,26-27,32-34,38-39H,13,18-20H2,1-2H3/t26-,27?,32+,33-,34+/m0/s1. The molecule has 1 saturated heterocycles. The van der Waals surface area contributed by atoms with Crippen LogP contribution in [0.25, 0.3) is 0 Å². The molecule has 4 aromatic rings. The number of carbonyl (C=O) groups is 2. The van der Waals surface area contributed by atoms with E-state index in [9.17, 15) is 14.7 Å². The molecule has 2 aliphatic heterocycles. The van der Waals surface area contributed by atoms with Gasteiger partial charge in [-0.25, -0.2) is 0 Å². The van der Waals surface area contributed by atoms with Gasteiger partial charge in [-0.15, -0.1) is 0 Å². The zero-order valence-corrected chi connectivity index (χ0v) is 26.0. The second kappa shape index (κ2) is 12.9. The van der Waals surface area contributed by atoms with Crippen LogP contribution >= 0.6 is 0 Å². The van der Waals surface area contributed by atoms with Gasteiger partial charge < -0.3 is 33.5 Å².